The molecule has 0 N–H and O–H groups in total. The van der Waals surface area contributed by atoms with Crippen LogP contribution in [0.2, 0.25) is 15.3 Å². The van der Waals surface area contributed by atoms with Gasteiger partial charge in [0.25, 0.3) is 0 Å². The molecule has 0 aliphatic heterocycles. The van der Waals surface area contributed by atoms with Crippen molar-refractivity contribution in [2.45, 2.75) is 0 Å². The molecule has 0 amide bonds. The molecule has 1 aromatic rings. The van der Waals surface area contributed by atoms with Gasteiger partial charge in [-0.1, -0.05) is 34.8 Å². The standard InChI is InChI=1S/C5HCl3N2O2/c6-2-1-3(7)9-5(8)4(2)10(11)12/h1H. The number of hydrogen-bond acceptors (Lipinski definition) is 3. The molecule has 12 heavy (non-hydrogen) atoms. The molecular formula is C5HCl3N2O2. The van der Waals surface area contributed by atoms with Crippen LogP contribution in [0.1, 0.15) is 0 Å². The Hall–Kier alpha value is -0.580. The lowest BCUT2D eigenvalue weighted by molar-refractivity contribution is -0.384. The summed E-state index contributed by atoms with van der Waals surface area (Å²) >= 11 is 16.3. The minimum atomic E-state index is -0.714. The van der Waals surface area contributed by atoms with Crippen molar-refractivity contribution >= 4 is 40.5 Å². The highest BCUT2D eigenvalue weighted by molar-refractivity contribution is 6.39. The van der Waals surface area contributed by atoms with Crippen LogP contribution in [0.25, 0.3) is 0 Å². The molecule has 0 saturated heterocycles. The average Bonchev–Trinajstić information content (AvgIpc) is 1.82. The number of halogens is 3. The van der Waals surface area contributed by atoms with Crippen molar-refractivity contribution in [2.75, 3.05) is 0 Å². The van der Waals surface area contributed by atoms with E-state index in [1.54, 1.807) is 0 Å². The van der Waals surface area contributed by atoms with E-state index in [4.69, 9.17) is 34.8 Å². The van der Waals surface area contributed by atoms with Crippen molar-refractivity contribution in [3.63, 3.8) is 0 Å². The van der Waals surface area contributed by atoms with Gasteiger partial charge in [0.05, 0.1) is 4.92 Å². The molecule has 0 aromatic carbocycles. The number of nitro groups is 1. The number of nitrogens with zero attached hydrogens (tertiary/aromatic N) is 2. The summed E-state index contributed by atoms with van der Waals surface area (Å²) in [5.74, 6) is 0. The smallest absolute Gasteiger partial charge is 0.258 e. The molecule has 4 nitrogen and oxygen atoms in total. The van der Waals surface area contributed by atoms with Gasteiger partial charge in [0, 0.05) is 6.07 Å². The Morgan fingerprint density at radius 2 is 2.00 bits per heavy atom. The Labute approximate surface area is 82.2 Å². The molecule has 7 heteroatoms. The molecule has 0 atom stereocenters. The van der Waals surface area contributed by atoms with E-state index in [2.05, 4.69) is 4.98 Å². The number of rotatable bonds is 1. The fraction of sp³-hybridized carbons (Fsp3) is 0. The fourth-order valence-corrected chi connectivity index (χ4v) is 1.48. The molecular weight excluding hydrogens is 226 g/mol. The van der Waals surface area contributed by atoms with Crippen molar-refractivity contribution < 1.29 is 4.92 Å². The van der Waals surface area contributed by atoms with E-state index in [0.717, 1.165) is 6.07 Å². The van der Waals surface area contributed by atoms with Gasteiger partial charge in [-0.15, -0.1) is 0 Å². The van der Waals surface area contributed by atoms with Gasteiger partial charge >= 0.3 is 5.69 Å². The van der Waals surface area contributed by atoms with Gasteiger partial charge in [-0.25, -0.2) is 4.98 Å². The van der Waals surface area contributed by atoms with Crippen LogP contribution >= 0.6 is 34.8 Å². The first-order valence-corrected chi connectivity index (χ1v) is 3.81. The van der Waals surface area contributed by atoms with Crippen LogP contribution in [0.3, 0.4) is 0 Å². The zero-order valence-electron chi connectivity index (χ0n) is 5.42. The molecule has 1 aromatic heterocycles. The molecule has 0 fully saturated rings. The van der Waals surface area contributed by atoms with Crippen LogP contribution in [0.5, 0.6) is 0 Å². The van der Waals surface area contributed by atoms with E-state index in [9.17, 15) is 10.1 Å². The van der Waals surface area contributed by atoms with Crippen LogP contribution in [0.15, 0.2) is 6.07 Å². The van der Waals surface area contributed by atoms with Crippen LogP contribution in [-0.4, -0.2) is 9.91 Å². The van der Waals surface area contributed by atoms with E-state index >= 15 is 0 Å². The second-order valence-electron chi connectivity index (χ2n) is 1.82. The zero-order chi connectivity index (χ0) is 9.30. The normalized spacial score (nSPS) is 9.92. The number of hydrogen-bond donors (Lipinski definition) is 0. The van der Waals surface area contributed by atoms with Gasteiger partial charge in [0.2, 0.25) is 5.15 Å². The van der Waals surface area contributed by atoms with Crippen molar-refractivity contribution in [3.05, 3.63) is 31.5 Å². The summed E-state index contributed by atoms with van der Waals surface area (Å²) in [6.07, 6.45) is 0. The lowest BCUT2D eigenvalue weighted by atomic mass is 10.4. The van der Waals surface area contributed by atoms with Gasteiger partial charge in [-0.3, -0.25) is 10.1 Å². The molecule has 64 valence electrons. The van der Waals surface area contributed by atoms with Crippen LogP contribution in [-0.2, 0) is 0 Å². The predicted octanol–water partition coefficient (Wildman–Crippen LogP) is 2.95. The van der Waals surface area contributed by atoms with Crippen LogP contribution < -0.4 is 0 Å². The average molecular weight is 227 g/mol. The summed E-state index contributed by atoms with van der Waals surface area (Å²) in [5, 5.41) is 9.90. The van der Waals surface area contributed by atoms with E-state index in [0.29, 0.717) is 0 Å². The van der Waals surface area contributed by atoms with Crippen molar-refractivity contribution in [1.29, 1.82) is 0 Å². The van der Waals surface area contributed by atoms with Gasteiger partial charge < -0.3 is 0 Å². The summed E-state index contributed by atoms with van der Waals surface area (Å²) in [4.78, 5) is 13.1. The molecule has 1 heterocycles. The Balaban J connectivity index is 3.38. The zero-order valence-corrected chi connectivity index (χ0v) is 7.69. The maximum atomic E-state index is 10.3. The first-order chi connectivity index (χ1) is 5.52. The van der Waals surface area contributed by atoms with E-state index < -0.39 is 10.6 Å². The van der Waals surface area contributed by atoms with Gasteiger partial charge in [-0.05, 0) is 0 Å². The Kier molecular flexibility index (Phi) is 2.72. The van der Waals surface area contributed by atoms with Crippen LogP contribution in [0.4, 0.5) is 5.69 Å². The summed E-state index contributed by atoms with van der Waals surface area (Å²) in [5.41, 5.74) is -0.428. The minimum absolute atomic E-state index is 0.0237. The molecule has 0 aliphatic carbocycles. The molecule has 0 aliphatic rings. The summed E-state index contributed by atoms with van der Waals surface area (Å²) in [7, 11) is 0. The highest BCUT2D eigenvalue weighted by Crippen LogP contribution is 2.32. The highest BCUT2D eigenvalue weighted by atomic mass is 35.5. The number of aromatic nitrogens is 1. The summed E-state index contributed by atoms with van der Waals surface area (Å²) in [6.45, 7) is 0. The maximum Gasteiger partial charge on any atom is 0.324 e. The lowest BCUT2D eigenvalue weighted by Gasteiger charge is -1.96. The molecule has 0 unspecified atom stereocenters. The molecule has 0 saturated carbocycles. The molecule has 0 bridgehead atoms. The van der Waals surface area contributed by atoms with E-state index in [1.807, 2.05) is 0 Å². The SMILES string of the molecule is O=[N+]([O-])c1c(Cl)cc(Cl)nc1Cl. The molecule has 0 spiro atoms. The minimum Gasteiger partial charge on any atom is -0.258 e. The maximum absolute atomic E-state index is 10.3. The lowest BCUT2D eigenvalue weighted by Crippen LogP contribution is -1.92. The topological polar surface area (TPSA) is 56.0 Å². The van der Waals surface area contributed by atoms with E-state index in [-0.39, 0.29) is 15.3 Å². The van der Waals surface area contributed by atoms with Crippen molar-refractivity contribution in [1.82, 2.24) is 4.98 Å². The Morgan fingerprint density at radius 1 is 1.42 bits per heavy atom. The van der Waals surface area contributed by atoms with Gasteiger partial charge in [0.15, 0.2) is 0 Å². The Morgan fingerprint density at radius 3 is 2.42 bits per heavy atom. The highest BCUT2D eigenvalue weighted by Gasteiger charge is 2.19. The first kappa shape index (κ1) is 9.51. The third kappa shape index (κ3) is 1.77. The van der Waals surface area contributed by atoms with Crippen molar-refractivity contribution in [3.8, 4) is 0 Å². The Bertz CT molecular complexity index is 318. The van der Waals surface area contributed by atoms with Crippen molar-refractivity contribution in [2.24, 2.45) is 0 Å². The second kappa shape index (κ2) is 3.43. The molecule has 1 rings (SSSR count). The number of pyridine rings is 1. The summed E-state index contributed by atoms with van der Waals surface area (Å²) < 4.78 is 0. The quantitative estimate of drug-likeness (QED) is 0.421. The van der Waals surface area contributed by atoms with Crippen LogP contribution in [0, 0.1) is 10.1 Å². The summed E-state index contributed by atoms with van der Waals surface area (Å²) in [6, 6.07) is 1.16. The molecule has 0 radical (unpaired) electrons. The predicted molar refractivity (Wildman–Crippen MR) is 45.9 cm³/mol. The largest absolute Gasteiger partial charge is 0.324 e. The second-order valence-corrected chi connectivity index (χ2v) is 2.98. The van der Waals surface area contributed by atoms with Gasteiger partial charge in [0.1, 0.15) is 10.2 Å². The van der Waals surface area contributed by atoms with Gasteiger partial charge in [-0.2, -0.15) is 0 Å². The fourth-order valence-electron chi connectivity index (χ4n) is 0.613. The third-order valence-electron chi connectivity index (χ3n) is 1.05. The third-order valence-corrected chi connectivity index (χ3v) is 1.80. The monoisotopic (exact) mass is 226 g/mol. The first-order valence-electron chi connectivity index (χ1n) is 2.68. The van der Waals surface area contributed by atoms with E-state index in [1.165, 1.54) is 0 Å².